The Labute approximate surface area is 175 Å². The van der Waals surface area contributed by atoms with E-state index in [0.717, 1.165) is 29.4 Å². The van der Waals surface area contributed by atoms with Crippen LogP contribution in [-0.2, 0) is 24.3 Å². The molecule has 3 rings (SSSR count). The van der Waals surface area contributed by atoms with Crippen LogP contribution in [0.4, 0.5) is 10.8 Å². The second-order valence-electron chi connectivity index (χ2n) is 5.93. The van der Waals surface area contributed by atoms with Gasteiger partial charge in [-0.15, -0.1) is 10.2 Å². The largest absolute Gasteiger partial charge is 0.478 e. The molecule has 1 atom stereocenters. The van der Waals surface area contributed by atoms with Gasteiger partial charge in [-0.1, -0.05) is 35.2 Å². The molecule has 1 aliphatic heterocycles. The van der Waals surface area contributed by atoms with E-state index in [1.807, 2.05) is 0 Å². The van der Waals surface area contributed by atoms with E-state index >= 15 is 0 Å². The van der Waals surface area contributed by atoms with Gasteiger partial charge in [0.05, 0.1) is 24.8 Å². The highest BCUT2D eigenvalue weighted by atomic mass is 32.2. The van der Waals surface area contributed by atoms with Gasteiger partial charge in [0.2, 0.25) is 15.2 Å². The number of methoxy groups -OCH3 is 1. The third kappa shape index (κ3) is 5.36. The van der Waals surface area contributed by atoms with E-state index in [-0.39, 0.29) is 23.8 Å². The molecule has 2 heterocycles. The lowest BCUT2D eigenvalue weighted by Crippen LogP contribution is -2.35. The average Bonchev–Trinajstić information content (AvgIpc) is 3.01. The van der Waals surface area contributed by atoms with Crippen LogP contribution in [0.25, 0.3) is 0 Å². The number of hydrogen-bond donors (Lipinski definition) is 1. The van der Waals surface area contributed by atoms with Gasteiger partial charge < -0.3 is 9.47 Å². The normalized spacial score (nSPS) is 16.3. The minimum absolute atomic E-state index is 0.0862. The molecule has 13 heteroatoms. The summed E-state index contributed by atoms with van der Waals surface area (Å²) in [4.78, 5) is 23.8. The molecule has 0 aliphatic carbocycles. The maximum atomic E-state index is 12.7. The zero-order valence-electron chi connectivity index (χ0n) is 15.5. The summed E-state index contributed by atoms with van der Waals surface area (Å²) < 4.78 is 36.3. The van der Waals surface area contributed by atoms with E-state index in [0.29, 0.717) is 15.8 Å². The van der Waals surface area contributed by atoms with Crippen LogP contribution in [0, 0.1) is 0 Å². The van der Waals surface area contributed by atoms with Gasteiger partial charge in [0, 0.05) is 13.0 Å². The number of thioether (sulfide) groups is 1. The Morgan fingerprint density at radius 3 is 2.86 bits per heavy atom. The van der Waals surface area contributed by atoms with E-state index < -0.39 is 28.0 Å². The molecule has 0 unspecified atom stereocenters. The number of aromatic nitrogens is 2. The van der Waals surface area contributed by atoms with Gasteiger partial charge in [0.1, 0.15) is 5.75 Å². The number of esters is 1. The van der Waals surface area contributed by atoms with Crippen LogP contribution >= 0.6 is 23.1 Å². The monoisotopic (exact) mass is 458 g/mol. The highest BCUT2D eigenvalue weighted by Crippen LogP contribution is 2.34. The zero-order chi connectivity index (χ0) is 21.0. The SMILES string of the molecule is COC(=O)CSc1nnc(NC(=O)[C@H]2CCN(S(C)(=O)=O)c3ccccc3O2)s1. The fraction of sp³-hybridized carbons (Fsp3) is 0.375. The molecule has 10 nitrogen and oxygen atoms in total. The van der Waals surface area contributed by atoms with Crippen LogP contribution < -0.4 is 14.4 Å². The molecule has 1 aromatic heterocycles. The van der Waals surface area contributed by atoms with Gasteiger partial charge in [0.25, 0.3) is 5.91 Å². The number of rotatable bonds is 6. The highest BCUT2D eigenvalue weighted by Gasteiger charge is 2.31. The summed E-state index contributed by atoms with van der Waals surface area (Å²) in [6.07, 6.45) is 0.368. The number of fused-ring (bicyclic) bond motifs is 1. The van der Waals surface area contributed by atoms with Crippen LogP contribution in [0.3, 0.4) is 0 Å². The van der Waals surface area contributed by atoms with Crippen LogP contribution in [0.1, 0.15) is 6.42 Å². The number of benzene rings is 1. The first-order chi connectivity index (χ1) is 13.8. The fourth-order valence-electron chi connectivity index (χ4n) is 2.54. The average molecular weight is 459 g/mol. The molecule has 1 N–H and O–H groups in total. The summed E-state index contributed by atoms with van der Waals surface area (Å²) >= 11 is 2.26. The summed E-state index contributed by atoms with van der Waals surface area (Å²) in [6, 6.07) is 6.66. The van der Waals surface area contributed by atoms with Crippen LogP contribution in [-0.4, -0.2) is 62.3 Å². The number of anilines is 2. The topological polar surface area (TPSA) is 128 Å². The number of carbonyl (C=O) groups is 2. The van der Waals surface area contributed by atoms with E-state index in [1.165, 1.54) is 11.4 Å². The Bertz CT molecular complexity index is 1010. The minimum Gasteiger partial charge on any atom is -0.478 e. The van der Waals surface area contributed by atoms with Crippen LogP contribution in [0.15, 0.2) is 28.6 Å². The summed E-state index contributed by atoms with van der Waals surface area (Å²) in [7, 11) is -2.23. The molecular weight excluding hydrogens is 440 g/mol. The number of ether oxygens (including phenoxy) is 2. The highest BCUT2D eigenvalue weighted by molar-refractivity contribution is 8.01. The first kappa shape index (κ1) is 21.3. The Hall–Kier alpha value is -2.38. The second kappa shape index (κ2) is 8.97. The van der Waals surface area contributed by atoms with Gasteiger partial charge in [-0.25, -0.2) is 8.42 Å². The molecule has 156 valence electrons. The maximum absolute atomic E-state index is 12.7. The lowest BCUT2D eigenvalue weighted by Gasteiger charge is -2.20. The van der Waals surface area contributed by atoms with E-state index in [1.54, 1.807) is 24.3 Å². The Morgan fingerprint density at radius 2 is 2.14 bits per heavy atom. The van der Waals surface area contributed by atoms with E-state index in [9.17, 15) is 18.0 Å². The molecule has 0 saturated carbocycles. The van der Waals surface area contributed by atoms with Gasteiger partial charge in [-0.05, 0) is 12.1 Å². The first-order valence-electron chi connectivity index (χ1n) is 8.35. The third-order valence-electron chi connectivity index (χ3n) is 3.87. The first-order valence-corrected chi connectivity index (χ1v) is 12.0. The lowest BCUT2D eigenvalue weighted by atomic mass is 10.2. The van der Waals surface area contributed by atoms with Crippen molar-refractivity contribution in [3.05, 3.63) is 24.3 Å². The molecule has 0 radical (unpaired) electrons. The molecule has 1 amide bonds. The number of hydrogen-bond acceptors (Lipinski definition) is 10. The van der Waals surface area contributed by atoms with E-state index in [2.05, 4.69) is 20.3 Å². The molecular formula is C16H18N4O6S3. The van der Waals surface area contributed by atoms with Crippen molar-refractivity contribution in [1.82, 2.24) is 10.2 Å². The molecule has 0 spiro atoms. The number of sulfonamides is 1. The second-order valence-corrected chi connectivity index (χ2v) is 10.0. The molecule has 2 aromatic rings. The van der Waals surface area contributed by atoms with Gasteiger partial charge in [-0.2, -0.15) is 0 Å². The Morgan fingerprint density at radius 1 is 1.38 bits per heavy atom. The zero-order valence-corrected chi connectivity index (χ0v) is 18.0. The number of para-hydroxylation sites is 2. The molecule has 29 heavy (non-hydrogen) atoms. The summed E-state index contributed by atoms with van der Waals surface area (Å²) in [5.74, 6) is -0.460. The van der Waals surface area contributed by atoms with Crippen molar-refractivity contribution < 1.29 is 27.5 Å². The number of amides is 1. The van der Waals surface area contributed by atoms with Crippen molar-refractivity contribution in [2.24, 2.45) is 0 Å². The Kier molecular flexibility index (Phi) is 6.59. The van der Waals surface area contributed by atoms with Crippen LogP contribution in [0.2, 0.25) is 0 Å². The van der Waals surface area contributed by atoms with Gasteiger partial charge in [0.15, 0.2) is 10.4 Å². The van der Waals surface area contributed by atoms with Gasteiger partial charge >= 0.3 is 5.97 Å². The molecule has 1 aliphatic rings. The van der Waals surface area contributed by atoms with E-state index in [4.69, 9.17) is 4.74 Å². The Balaban J connectivity index is 1.69. The van der Waals surface area contributed by atoms with Crippen molar-refractivity contribution in [3.63, 3.8) is 0 Å². The maximum Gasteiger partial charge on any atom is 0.316 e. The quantitative estimate of drug-likeness (QED) is 0.388. The number of nitrogens with one attached hydrogen (secondary N) is 1. The molecule has 0 fully saturated rings. The standard InChI is InChI=1S/C16H18N4O6S3/c1-25-13(21)9-27-16-19-18-15(28-16)17-14(22)12-7-8-20(29(2,23)24)10-5-3-4-6-11(10)26-12/h3-6,12H,7-9H2,1-2H3,(H,17,18,22)/t12-/m1/s1. The summed E-state index contributed by atoms with van der Waals surface area (Å²) in [6.45, 7) is 0.101. The van der Waals surface area contributed by atoms with Crippen molar-refractivity contribution in [2.45, 2.75) is 16.9 Å². The predicted octanol–water partition coefficient (Wildman–Crippen LogP) is 1.36. The minimum atomic E-state index is -3.52. The molecule has 0 bridgehead atoms. The summed E-state index contributed by atoms with van der Waals surface area (Å²) in [5, 5.41) is 10.7. The molecule has 0 saturated heterocycles. The fourth-order valence-corrected chi connectivity index (χ4v) is 5.08. The van der Waals surface area contributed by atoms with Crippen molar-refractivity contribution in [1.29, 1.82) is 0 Å². The summed E-state index contributed by atoms with van der Waals surface area (Å²) in [5.41, 5.74) is 0.391. The van der Waals surface area contributed by atoms with Crippen molar-refractivity contribution >= 4 is 55.8 Å². The van der Waals surface area contributed by atoms with Crippen molar-refractivity contribution in [3.8, 4) is 5.75 Å². The smallest absolute Gasteiger partial charge is 0.316 e. The lowest BCUT2D eigenvalue weighted by molar-refractivity contribution is -0.137. The van der Waals surface area contributed by atoms with Crippen molar-refractivity contribution in [2.75, 3.05) is 35.3 Å². The number of carbonyl (C=O) groups excluding carboxylic acids is 2. The number of nitrogens with zero attached hydrogens (tertiary/aromatic N) is 3. The molecule has 1 aromatic carbocycles. The van der Waals surface area contributed by atoms with Gasteiger partial charge in [-0.3, -0.25) is 19.2 Å². The third-order valence-corrected chi connectivity index (χ3v) is 6.99. The van der Waals surface area contributed by atoms with Crippen LogP contribution in [0.5, 0.6) is 5.75 Å². The predicted molar refractivity (Wildman–Crippen MR) is 109 cm³/mol.